The minimum atomic E-state index is 0.666. The Hall–Kier alpha value is -0.0800. The van der Waals surface area contributed by atoms with Gasteiger partial charge in [-0.2, -0.15) is 0 Å². The standard InChI is InChI=1S/C12H26N2/c1-5-8-13-12(11-6-7-11)9-14(4)10(2)3/h10-13H,5-9H2,1-4H3. The lowest BCUT2D eigenvalue weighted by Gasteiger charge is -2.27. The zero-order chi connectivity index (χ0) is 10.6. The average Bonchev–Trinajstić information content (AvgIpc) is 2.94. The van der Waals surface area contributed by atoms with E-state index in [1.54, 1.807) is 0 Å². The summed E-state index contributed by atoms with van der Waals surface area (Å²) >= 11 is 0. The van der Waals surface area contributed by atoms with Gasteiger partial charge in [0.1, 0.15) is 0 Å². The van der Waals surface area contributed by atoms with Crippen molar-refractivity contribution in [2.24, 2.45) is 5.92 Å². The van der Waals surface area contributed by atoms with Crippen LogP contribution >= 0.6 is 0 Å². The number of likely N-dealkylation sites (N-methyl/N-ethyl adjacent to an activating group) is 1. The maximum Gasteiger partial charge on any atom is 0.0223 e. The summed E-state index contributed by atoms with van der Waals surface area (Å²) in [4.78, 5) is 2.45. The Morgan fingerprint density at radius 1 is 1.36 bits per heavy atom. The topological polar surface area (TPSA) is 15.3 Å². The van der Waals surface area contributed by atoms with E-state index in [4.69, 9.17) is 0 Å². The van der Waals surface area contributed by atoms with Crippen molar-refractivity contribution in [3.05, 3.63) is 0 Å². The molecule has 0 aromatic rings. The van der Waals surface area contributed by atoms with Gasteiger partial charge in [-0.1, -0.05) is 6.92 Å². The maximum absolute atomic E-state index is 3.68. The zero-order valence-electron chi connectivity index (χ0n) is 10.2. The van der Waals surface area contributed by atoms with Gasteiger partial charge >= 0.3 is 0 Å². The fraction of sp³-hybridized carbons (Fsp3) is 1.00. The Balaban J connectivity index is 2.27. The van der Waals surface area contributed by atoms with E-state index in [2.05, 4.69) is 38.0 Å². The van der Waals surface area contributed by atoms with Gasteiger partial charge in [0.2, 0.25) is 0 Å². The quantitative estimate of drug-likeness (QED) is 0.674. The van der Waals surface area contributed by atoms with Crippen LogP contribution in [0.2, 0.25) is 0 Å². The lowest BCUT2D eigenvalue weighted by atomic mass is 10.1. The molecule has 1 unspecified atom stereocenters. The second-order valence-corrected chi connectivity index (χ2v) is 4.93. The molecule has 0 aromatic carbocycles. The SMILES string of the molecule is CCCNC(CN(C)C(C)C)C1CC1. The molecular formula is C12H26N2. The molecule has 0 saturated heterocycles. The number of hydrogen-bond acceptors (Lipinski definition) is 2. The smallest absolute Gasteiger partial charge is 0.0223 e. The summed E-state index contributed by atoms with van der Waals surface area (Å²) < 4.78 is 0. The Labute approximate surface area is 89.1 Å². The van der Waals surface area contributed by atoms with Crippen molar-refractivity contribution < 1.29 is 0 Å². The number of nitrogens with one attached hydrogen (secondary N) is 1. The maximum atomic E-state index is 3.68. The van der Waals surface area contributed by atoms with Gasteiger partial charge in [-0.05, 0) is 52.6 Å². The summed E-state index contributed by atoms with van der Waals surface area (Å²) in [6.45, 7) is 9.16. The van der Waals surface area contributed by atoms with E-state index in [1.165, 1.54) is 32.4 Å². The van der Waals surface area contributed by atoms with E-state index in [0.717, 1.165) is 12.0 Å². The normalized spacial score (nSPS) is 19.3. The van der Waals surface area contributed by atoms with Crippen LogP contribution in [0.3, 0.4) is 0 Å². The first-order chi connectivity index (χ1) is 6.65. The van der Waals surface area contributed by atoms with Crippen LogP contribution in [0.1, 0.15) is 40.0 Å². The lowest BCUT2D eigenvalue weighted by molar-refractivity contribution is 0.230. The second-order valence-electron chi connectivity index (χ2n) is 4.93. The summed E-state index contributed by atoms with van der Waals surface area (Å²) in [5, 5.41) is 3.68. The molecule has 1 atom stereocenters. The van der Waals surface area contributed by atoms with Crippen LogP contribution in [0.4, 0.5) is 0 Å². The molecule has 1 N–H and O–H groups in total. The molecule has 0 spiro atoms. The van der Waals surface area contributed by atoms with Crippen molar-refractivity contribution in [1.29, 1.82) is 0 Å². The van der Waals surface area contributed by atoms with Crippen molar-refractivity contribution in [3.63, 3.8) is 0 Å². The fourth-order valence-electron chi connectivity index (χ4n) is 1.73. The van der Waals surface area contributed by atoms with Gasteiger partial charge in [0.25, 0.3) is 0 Å². The molecule has 0 bridgehead atoms. The first-order valence-corrected chi connectivity index (χ1v) is 6.08. The van der Waals surface area contributed by atoms with Crippen molar-refractivity contribution >= 4 is 0 Å². The minimum Gasteiger partial charge on any atom is -0.312 e. The van der Waals surface area contributed by atoms with Crippen LogP contribution < -0.4 is 5.32 Å². The van der Waals surface area contributed by atoms with Gasteiger partial charge in [-0.25, -0.2) is 0 Å². The van der Waals surface area contributed by atoms with Crippen LogP contribution in [0.25, 0.3) is 0 Å². The van der Waals surface area contributed by atoms with Crippen LogP contribution in [0.15, 0.2) is 0 Å². The Bertz CT molecular complexity index is 152. The van der Waals surface area contributed by atoms with Gasteiger partial charge in [-0.15, -0.1) is 0 Å². The zero-order valence-corrected chi connectivity index (χ0v) is 10.2. The molecule has 0 amide bonds. The van der Waals surface area contributed by atoms with Crippen molar-refractivity contribution in [1.82, 2.24) is 10.2 Å². The Morgan fingerprint density at radius 2 is 2.00 bits per heavy atom. The molecule has 0 heterocycles. The molecule has 2 nitrogen and oxygen atoms in total. The molecule has 1 fully saturated rings. The number of nitrogens with zero attached hydrogens (tertiary/aromatic N) is 1. The van der Waals surface area contributed by atoms with Gasteiger partial charge in [0.15, 0.2) is 0 Å². The summed E-state index contributed by atoms with van der Waals surface area (Å²) in [6, 6.07) is 1.40. The predicted octanol–water partition coefficient (Wildman–Crippen LogP) is 2.10. The van der Waals surface area contributed by atoms with Gasteiger partial charge < -0.3 is 10.2 Å². The molecule has 0 aromatic heterocycles. The Kier molecular flexibility index (Phi) is 4.90. The first-order valence-electron chi connectivity index (χ1n) is 6.08. The van der Waals surface area contributed by atoms with E-state index < -0.39 is 0 Å². The summed E-state index contributed by atoms with van der Waals surface area (Å²) in [6.07, 6.45) is 4.12. The molecule has 14 heavy (non-hydrogen) atoms. The Morgan fingerprint density at radius 3 is 2.43 bits per heavy atom. The van der Waals surface area contributed by atoms with E-state index in [0.29, 0.717) is 6.04 Å². The predicted molar refractivity (Wildman–Crippen MR) is 62.6 cm³/mol. The highest BCUT2D eigenvalue weighted by atomic mass is 15.1. The molecule has 0 radical (unpaired) electrons. The van der Waals surface area contributed by atoms with Crippen molar-refractivity contribution in [3.8, 4) is 0 Å². The monoisotopic (exact) mass is 198 g/mol. The molecule has 1 aliphatic rings. The fourth-order valence-corrected chi connectivity index (χ4v) is 1.73. The summed E-state index contributed by atoms with van der Waals surface area (Å²) in [5.74, 6) is 0.961. The third kappa shape index (κ3) is 3.97. The minimum absolute atomic E-state index is 0.666. The highest BCUT2D eigenvalue weighted by Crippen LogP contribution is 2.33. The van der Waals surface area contributed by atoms with Crippen molar-refractivity contribution in [2.75, 3.05) is 20.1 Å². The molecule has 2 heteroatoms. The first kappa shape index (κ1) is 12.0. The van der Waals surface area contributed by atoms with Gasteiger partial charge in [-0.3, -0.25) is 0 Å². The molecule has 1 rings (SSSR count). The second kappa shape index (κ2) is 5.72. The largest absolute Gasteiger partial charge is 0.312 e. The van der Waals surface area contributed by atoms with Crippen LogP contribution in [-0.4, -0.2) is 37.1 Å². The lowest BCUT2D eigenvalue weighted by Crippen LogP contribution is -2.43. The average molecular weight is 198 g/mol. The van der Waals surface area contributed by atoms with E-state index in [1.807, 2.05) is 0 Å². The number of rotatable bonds is 7. The molecular weight excluding hydrogens is 172 g/mol. The summed E-state index contributed by atoms with van der Waals surface area (Å²) in [7, 11) is 2.23. The van der Waals surface area contributed by atoms with E-state index >= 15 is 0 Å². The molecule has 0 aliphatic heterocycles. The van der Waals surface area contributed by atoms with Crippen molar-refractivity contribution in [2.45, 2.75) is 52.1 Å². The third-order valence-corrected chi connectivity index (χ3v) is 3.21. The van der Waals surface area contributed by atoms with E-state index in [9.17, 15) is 0 Å². The van der Waals surface area contributed by atoms with Gasteiger partial charge in [0.05, 0.1) is 0 Å². The molecule has 1 saturated carbocycles. The van der Waals surface area contributed by atoms with Crippen LogP contribution in [0.5, 0.6) is 0 Å². The van der Waals surface area contributed by atoms with Crippen LogP contribution in [-0.2, 0) is 0 Å². The highest BCUT2D eigenvalue weighted by molar-refractivity contribution is 4.88. The van der Waals surface area contributed by atoms with Gasteiger partial charge in [0, 0.05) is 18.6 Å². The summed E-state index contributed by atoms with van der Waals surface area (Å²) in [5.41, 5.74) is 0. The molecule has 84 valence electrons. The molecule has 1 aliphatic carbocycles. The third-order valence-electron chi connectivity index (χ3n) is 3.21. The van der Waals surface area contributed by atoms with E-state index in [-0.39, 0.29) is 0 Å². The van der Waals surface area contributed by atoms with Crippen LogP contribution in [0, 0.1) is 5.92 Å². The number of hydrogen-bond donors (Lipinski definition) is 1. The highest BCUT2D eigenvalue weighted by Gasteiger charge is 2.31.